The first-order valence-electron chi connectivity index (χ1n) is 9.29. The summed E-state index contributed by atoms with van der Waals surface area (Å²) < 4.78 is 47.5. The van der Waals surface area contributed by atoms with Crippen LogP contribution in [-0.4, -0.2) is 4.98 Å². The lowest BCUT2D eigenvalue weighted by atomic mass is 9.90. The summed E-state index contributed by atoms with van der Waals surface area (Å²) in [5.41, 5.74) is 5.24. The lowest BCUT2D eigenvalue weighted by Gasteiger charge is -2.22. The summed E-state index contributed by atoms with van der Waals surface area (Å²) in [5.74, 6) is 1.01. The minimum Gasteiger partial charge on any atom is -0.433 e. The van der Waals surface area contributed by atoms with Gasteiger partial charge in [0.1, 0.15) is 18.3 Å². The van der Waals surface area contributed by atoms with E-state index in [-0.39, 0.29) is 5.52 Å². The van der Waals surface area contributed by atoms with Crippen LogP contribution in [0, 0.1) is 20.8 Å². The zero-order valence-electron chi connectivity index (χ0n) is 16.4. The number of alkyl halides is 3. The van der Waals surface area contributed by atoms with Gasteiger partial charge in [0.2, 0.25) is 5.52 Å². The fourth-order valence-corrected chi connectivity index (χ4v) is 4.21. The number of rotatable bonds is 0. The molecule has 4 aromatic rings. The monoisotopic (exact) mass is 395 g/mol. The van der Waals surface area contributed by atoms with Gasteiger partial charge in [-0.05, 0) is 61.0 Å². The zero-order chi connectivity index (χ0) is 20.7. The highest BCUT2D eigenvalue weighted by Crippen LogP contribution is 2.47. The minimum absolute atomic E-state index is 0.249. The molecule has 0 fully saturated rings. The Morgan fingerprint density at radius 3 is 2.48 bits per heavy atom. The fourth-order valence-electron chi connectivity index (χ4n) is 4.21. The van der Waals surface area contributed by atoms with Gasteiger partial charge in [0.15, 0.2) is 0 Å². The summed E-state index contributed by atoms with van der Waals surface area (Å²) in [4.78, 5) is 4.49. The average Bonchev–Trinajstić information content (AvgIpc) is 2.63. The van der Waals surface area contributed by atoms with E-state index < -0.39 is 11.7 Å². The normalized spacial score (nSPS) is 12.9. The van der Waals surface area contributed by atoms with Crippen LogP contribution >= 0.6 is 0 Å². The van der Waals surface area contributed by atoms with E-state index in [0.29, 0.717) is 17.1 Å². The average molecular weight is 395 g/mol. The van der Waals surface area contributed by atoms with E-state index in [1.807, 2.05) is 24.6 Å². The van der Waals surface area contributed by atoms with Crippen molar-refractivity contribution < 1.29 is 22.5 Å². The summed E-state index contributed by atoms with van der Waals surface area (Å²) in [6.07, 6.45) is -4.42. The van der Waals surface area contributed by atoms with Crippen LogP contribution in [-0.2, 0) is 13.2 Å². The van der Waals surface area contributed by atoms with Crippen molar-refractivity contribution in [1.82, 2.24) is 4.98 Å². The number of halogens is 3. The standard InChI is InChI=1S/C23H18F3N2O/c1-11-7-14-9-12(2)13(3)19-20(14)18(8-11)29-22-21(19)28(4)17-6-5-15(23(24,25)26)10-16(17)27-22/h5-10H,1-4H3/q+1. The third kappa shape index (κ3) is 2.51. The maximum atomic E-state index is 13.2. The van der Waals surface area contributed by atoms with E-state index >= 15 is 0 Å². The van der Waals surface area contributed by atoms with Crippen LogP contribution in [0.25, 0.3) is 33.1 Å². The Kier molecular flexibility index (Phi) is 3.51. The molecule has 0 bridgehead atoms. The third-order valence-electron chi connectivity index (χ3n) is 5.73. The number of aromatic nitrogens is 2. The Morgan fingerprint density at radius 1 is 1.00 bits per heavy atom. The third-order valence-corrected chi connectivity index (χ3v) is 5.73. The fraction of sp³-hybridized carbons (Fsp3) is 0.217. The highest BCUT2D eigenvalue weighted by Gasteiger charge is 2.35. The Hall–Kier alpha value is -3.15. The SMILES string of the molecule is Cc1cc2c3c(c(C)c(C)cc3c1)-c1c(nc3cc(C(F)(F)F)ccc3[n+]1C)O2. The second kappa shape index (κ2) is 5.69. The maximum Gasteiger partial charge on any atom is 0.416 e. The van der Waals surface area contributed by atoms with Gasteiger partial charge in [0, 0.05) is 11.5 Å². The van der Waals surface area contributed by atoms with Crippen molar-refractivity contribution in [2.75, 3.05) is 0 Å². The van der Waals surface area contributed by atoms with Crippen molar-refractivity contribution in [3.63, 3.8) is 0 Å². The number of hydrogen-bond acceptors (Lipinski definition) is 2. The van der Waals surface area contributed by atoms with Gasteiger partial charge >= 0.3 is 6.18 Å². The summed E-state index contributed by atoms with van der Waals surface area (Å²) in [6, 6.07) is 9.84. The Morgan fingerprint density at radius 2 is 1.76 bits per heavy atom. The van der Waals surface area contributed by atoms with Crippen molar-refractivity contribution in [1.29, 1.82) is 0 Å². The quantitative estimate of drug-likeness (QED) is 0.304. The zero-order valence-corrected chi connectivity index (χ0v) is 16.4. The van der Waals surface area contributed by atoms with Gasteiger partial charge in [0.25, 0.3) is 11.6 Å². The van der Waals surface area contributed by atoms with E-state index in [9.17, 15) is 13.2 Å². The molecule has 0 atom stereocenters. The lowest BCUT2D eigenvalue weighted by molar-refractivity contribution is -0.634. The van der Waals surface area contributed by atoms with E-state index in [1.165, 1.54) is 6.07 Å². The summed E-state index contributed by atoms with van der Waals surface area (Å²) in [7, 11) is 1.84. The molecule has 3 nitrogen and oxygen atoms in total. The topological polar surface area (TPSA) is 26.0 Å². The molecule has 1 aliphatic rings. The number of ether oxygens (including phenoxy) is 1. The van der Waals surface area contributed by atoms with E-state index in [2.05, 4.69) is 31.0 Å². The van der Waals surface area contributed by atoms with Crippen molar-refractivity contribution in [3.05, 3.63) is 58.7 Å². The number of aryl methyl sites for hydroxylation is 3. The second-order valence-electron chi connectivity index (χ2n) is 7.68. The first-order valence-corrected chi connectivity index (χ1v) is 9.29. The van der Waals surface area contributed by atoms with Crippen LogP contribution in [0.2, 0.25) is 0 Å². The number of benzene rings is 3. The van der Waals surface area contributed by atoms with Gasteiger partial charge in [-0.3, -0.25) is 0 Å². The highest BCUT2D eigenvalue weighted by atomic mass is 19.4. The largest absolute Gasteiger partial charge is 0.433 e. The molecule has 6 heteroatoms. The van der Waals surface area contributed by atoms with Crippen molar-refractivity contribution >= 4 is 21.8 Å². The number of fused-ring (bicyclic) bond motifs is 3. The molecule has 0 unspecified atom stereocenters. The molecule has 0 saturated heterocycles. The van der Waals surface area contributed by atoms with Crippen LogP contribution in [0.4, 0.5) is 13.2 Å². The Bertz CT molecular complexity index is 1360. The van der Waals surface area contributed by atoms with E-state index in [4.69, 9.17) is 4.74 Å². The van der Waals surface area contributed by atoms with Gasteiger partial charge in [-0.2, -0.15) is 17.7 Å². The molecule has 5 rings (SSSR count). The van der Waals surface area contributed by atoms with Crippen LogP contribution in [0.5, 0.6) is 11.6 Å². The maximum absolute atomic E-state index is 13.2. The van der Waals surface area contributed by atoms with E-state index in [1.54, 1.807) is 0 Å². The predicted octanol–water partition coefficient (Wildman–Crippen LogP) is 5.93. The van der Waals surface area contributed by atoms with Crippen LogP contribution in [0.1, 0.15) is 22.3 Å². The molecule has 29 heavy (non-hydrogen) atoms. The van der Waals surface area contributed by atoms with Gasteiger partial charge in [-0.1, -0.05) is 12.1 Å². The molecule has 3 aromatic carbocycles. The molecular weight excluding hydrogens is 377 g/mol. The van der Waals surface area contributed by atoms with Gasteiger partial charge in [-0.25, -0.2) is 4.98 Å². The first-order chi connectivity index (χ1) is 13.6. The summed E-state index contributed by atoms with van der Waals surface area (Å²) >= 11 is 0. The molecule has 0 N–H and O–H groups in total. The van der Waals surface area contributed by atoms with Crippen LogP contribution in [0.15, 0.2) is 36.4 Å². The van der Waals surface area contributed by atoms with Crippen molar-refractivity contribution in [2.45, 2.75) is 26.9 Å². The van der Waals surface area contributed by atoms with Gasteiger partial charge in [-0.15, -0.1) is 0 Å². The van der Waals surface area contributed by atoms with Crippen molar-refractivity contribution in [2.24, 2.45) is 7.05 Å². The molecule has 1 aliphatic heterocycles. The summed E-state index contributed by atoms with van der Waals surface area (Å²) in [5, 5.41) is 2.09. The molecule has 0 radical (unpaired) electrons. The first kappa shape index (κ1) is 17.9. The Labute approximate surface area is 165 Å². The lowest BCUT2D eigenvalue weighted by Crippen LogP contribution is -2.34. The predicted molar refractivity (Wildman–Crippen MR) is 105 cm³/mol. The van der Waals surface area contributed by atoms with Crippen molar-refractivity contribution in [3.8, 4) is 22.9 Å². The summed E-state index contributed by atoms with van der Waals surface area (Å²) in [6.45, 7) is 6.11. The van der Waals surface area contributed by atoms with Gasteiger partial charge < -0.3 is 4.74 Å². The minimum atomic E-state index is -4.42. The smallest absolute Gasteiger partial charge is 0.416 e. The molecule has 1 aromatic heterocycles. The number of hydrogen-bond donors (Lipinski definition) is 0. The molecular formula is C23H18F3N2O+. The van der Waals surface area contributed by atoms with Crippen LogP contribution in [0.3, 0.4) is 0 Å². The molecule has 2 heterocycles. The second-order valence-corrected chi connectivity index (χ2v) is 7.68. The molecule has 0 amide bonds. The van der Waals surface area contributed by atoms with E-state index in [0.717, 1.165) is 50.9 Å². The molecule has 0 aliphatic carbocycles. The van der Waals surface area contributed by atoms with Gasteiger partial charge in [0.05, 0.1) is 11.1 Å². The molecule has 146 valence electrons. The van der Waals surface area contributed by atoms with Crippen LogP contribution < -0.4 is 9.30 Å². The molecule has 0 saturated carbocycles. The number of nitrogens with zero attached hydrogens (tertiary/aromatic N) is 2. The molecule has 0 spiro atoms. The highest BCUT2D eigenvalue weighted by molar-refractivity contribution is 6.05. The Balaban J connectivity index is 1.91.